The van der Waals surface area contributed by atoms with Crippen molar-refractivity contribution in [2.75, 3.05) is 11.4 Å². The van der Waals surface area contributed by atoms with E-state index in [0.717, 1.165) is 8.47 Å². The third-order valence-electron chi connectivity index (χ3n) is 2.00. The Morgan fingerprint density at radius 2 is 2.25 bits per heavy atom. The third-order valence-corrected chi connectivity index (χ3v) is 2.91. The van der Waals surface area contributed by atoms with E-state index in [4.69, 9.17) is 5.11 Å². The molecule has 5 nitrogen and oxygen atoms in total. The Hall–Kier alpha value is -1.18. The third kappa shape index (κ3) is 3.16. The van der Waals surface area contributed by atoms with Gasteiger partial charge in [0.2, 0.25) is 0 Å². The van der Waals surface area contributed by atoms with Crippen molar-refractivity contribution >= 4 is 40.2 Å². The largest absolute Gasteiger partial charge is 0.465 e. The van der Waals surface area contributed by atoms with Crippen LogP contribution < -0.4 is 4.90 Å². The van der Waals surface area contributed by atoms with Gasteiger partial charge in [-0.2, -0.15) is 0 Å². The molecule has 0 saturated carbocycles. The van der Waals surface area contributed by atoms with Crippen LogP contribution in [0.2, 0.25) is 0 Å². The van der Waals surface area contributed by atoms with Crippen LogP contribution in [0, 0.1) is 3.57 Å². The van der Waals surface area contributed by atoms with E-state index in [2.05, 4.69) is 4.98 Å². The van der Waals surface area contributed by atoms with Crippen LogP contribution in [0.1, 0.15) is 13.3 Å². The number of halogens is 1. The van der Waals surface area contributed by atoms with Crippen molar-refractivity contribution in [2.45, 2.75) is 13.3 Å². The first-order valence-electron chi connectivity index (χ1n) is 4.68. The second-order valence-electron chi connectivity index (χ2n) is 3.09. The number of carbonyl (C=O) groups is 2. The highest BCUT2D eigenvalue weighted by Gasteiger charge is 2.19. The van der Waals surface area contributed by atoms with Gasteiger partial charge < -0.3 is 5.11 Å². The lowest BCUT2D eigenvalue weighted by atomic mass is 10.3. The maximum absolute atomic E-state index is 11.3. The smallest absolute Gasteiger partial charge is 0.412 e. The summed E-state index contributed by atoms with van der Waals surface area (Å²) in [5.74, 6) is -0.123. The Kier molecular flexibility index (Phi) is 4.66. The maximum atomic E-state index is 11.3. The number of carbonyl (C=O) groups excluding carboxylic acids is 1. The van der Waals surface area contributed by atoms with Gasteiger partial charge in [-0.25, -0.2) is 4.79 Å². The molecule has 0 bridgehead atoms. The first-order valence-corrected chi connectivity index (χ1v) is 5.75. The summed E-state index contributed by atoms with van der Waals surface area (Å²) >= 11 is 2.01. The Bertz CT molecular complexity index is 409. The lowest BCUT2D eigenvalue weighted by molar-refractivity contribution is -0.117. The highest BCUT2D eigenvalue weighted by molar-refractivity contribution is 14.1. The molecule has 0 aromatic carbocycles. The number of pyridine rings is 1. The Morgan fingerprint density at radius 3 is 2.75 bits per heavy atom. The van der Waals surface area contributed by atoms with Gasteiger partial charge in [-0.15, -0.1) is 0 Å². The molecule has 1 aromatic rings. The van der Waals surface area contributed by atoms with Gasteiger partial charge in [0, 0.05) is 16.2 Å². The average molecular weight is 334 g/mol. The molecule has 0 fully saturated rings. The summed E-state index contributed by atoms with van der Waals surface area (Å²) in [6, 6.07) is 1.70. The van der Waals surface area contributed by atoms with Gasteiger partial charge in [-0.05, 0) is 28.7 Å². The monoisotopic (exact) mass is 334 g/mol. The summed E-state index contributed by atoms with van der Waals surface area (Å²) in [7, 11) is 0. The van der Waals surface area contributed by atoms with Gasteiger partial charge >= 0.3 is 6.09 Å². The molecular weight excluding hydrogens is 323 g/mol. The van der Waals surface area contributed by atoms with Gasteiger partial charge in [-0.3, -0.25) is 14.7 Å². The van der Waals surface area contributed by atoms with Gasteiger partial charge in [0.25, 0.3) is 0 Å². The van der Waals surface area contributed by atoms with Crippen LogP contribution in [0.5, 0.6) is 0 Å². The molecular formula is C10H11IN2O3. The number of ketones is 1. The van der Waals surface area contributed by atoms with Crippen molar-refractivity contribution < 1.29 is 14.7 Å². The Balaban J connectivity index is 2.99. The van der Waals surface area contributed by atoms with Crippen LogP contribution >= 0.6 is 22.6 Å². The number of carboxylic acid groups (broad SMARTS) is 1. The topological polar surface area (TPSA) is 70.5 Å². The molecule has 1 N–H and O–H groups in total. The molecule has 6 heteroatoms. The van der Waals surface area contributed by atoms with E-state index in [1.54, 1.807) is 19.2 Å². The summed E-state index contributed by atoms with van der Waals surface area (Å²) < 4.78 is 0.749. The van der Waals surface area contributed by atoms with Crippen LogP contribution in [-0.2, 0) is 4.79 Å². The minimum Gasteiger partial charge on any atom is -0.465 e. The Labute approximate surface area is 107 Å². The fourth-order valence-electron chi connectivity index (χ4n) is 1.11. The van der Waals surface area contributed by atoms with E-state index in [0.29, 0.717) is 12.1 Å². The number of hydrogen-bond donors (Lipinski definition) is 1. The minimum atomic E-state index is -1.15. The van der Waals surface area contributed by atoms with Gasteiger partial charge in [0.05, 0.1) is 18.4 Å². The quantitative estimate of drug-likeness (QED) is 0.857. The molecule has 1 heterocycles. The van der Waals surface area contributed by atoms with Crippen LogP contribution in [0.3, 0.4) is 0 Å². The molecule has 0 spiro atoms. The second kappa shape index (κ2) is 5.78. The standard InChI is InChI=1S/C10H11IN2O3/c1-2-7(14)6-13(10(15)16)9-5-12-4-3-8(9)11/h3-5H,2,6H2,1H3,(H,15,16). The zero-order valence-electron chi connectivity index (χ0n) is 8.68. The van der Waals surface area contributed by atoms with Crippen molar-refractivity contribution in [3.8, 4) is 0 Å². The lowest BCUT2D eigenvalue weighted by Crippen LogP contribution is -2.34. The number of nitrogens with zero attached hydrogens (tertiary/aromatic N) is 2. The highest BCUT2D eigenvalue weighted by Crippen LogP contribution is 2.20. The Morgan fingerprint density at radius 1 is 1.56 bits per heavy atom. The van der Waals surface area contributed by atoms with E-state index in [1.165, 1.54) is 6.20 Å². The number of amides is 1. The molecule has 0 radical (unpaired) electrons. The van der Waals surface area contributed by atoms with Gasteiger partial charge in [0.1, 0.15) is 0 Å². The van der Waals surface area contributed by atoms with E-state index in [1.807, 2.05) is 22.6 Å². The number of aromatic nitrogens is 1. The fraction of sp³-hybridized carbons (Fsp3) is 0.300. The number of anilines is 1. The van der Waals surface area contributed by atoms with Crippen molar-refractivity contribution in [3.05, 3.63) is 22.0 Å². The summed E-state index contributed by atoms with van der Waals surface area (Å²) in [6.07, 6.45) is 2.19. The highest BCUT2D eigenvalue weighted by atomic mass is 127. The molecule has 0 aliphatic rings. The van der Waals surface area contributed by atoms with Crippen molar-refractivity contribution in [2.24, 2.45) is 0 Å². The molecule has 0 unspecified atom stereocenters. The van der Waals surface area contributed by atoms with E-state index in [-0.39, 0.29) is 12.3 Å². The zero-order chi connectivity index (χ0) is 12.1. The van der Waals surface area contributed by atoms with Crippen LogP contribution in [-0.4, -0.2) is 28.5 Å². The van der Waals surface area contributed by atoms with Crippen LogP contribution in [0.25, 0.3) is 0 Å². The first kappa shape index (κ1) is 12.9. The first-order chi connectivity index (χ1) is 7.56. The van der Waals surface area contributed by atoms with E-state index < -0.39 is 6.09 Å². The predicted molar refractivity (Wildman–Crippen MR) is 67.6 cm³/mol. The number of rotatable bonds is 4. The normalized spacial score (nSPS) is 9.88. The maximum Gasteiger partial charge on any atom is 0.412 e. The van der Waals surface area contributed by atoms with Gasteiger partial charge in [-0.1, -0.05) is 6.92 Å². The van der Waals surface area contributed by atoms with Crippen molar-refractivity contribution in [1.29, 1.82) is 0 Å². The predicted octanol–water partition coefficient (Wildman–Crippen LogP) is 2.15. The summed E-state index contributed by atoms with van der Waals surface area (Å²) in [6.45, 7) is 1.57. The lowest BCUT2D eigenvalue weighted by Gasteiger charge is -2.18. The second-order valence-corrected chi connectivity index (χ2v) is 4.25. The molecule has 1 aromatic heterocycles. The molecule has 1 rings (SSSR count). The van der Waals surface area contributed by atoms with Crippen LogP contribution in [0.15, 0.2) is 18.5 Å². The minimum absolute atomic E-state index is 0.123. The zero-order valence-corrected chi connectivity index (χ0v) is 10.8. The molecule has 0 atom stereocenters. The molecule has 0 aliphatic carbocycles. The summed E-state index contributed by atoms with van der Waals surface area (Å²) in [4.78, 5) is 27.2. The molecule has 16 heavy (non-hydrogen) atoms. The van der Waals surface area contributed by atoms with Gasteiger partial charge in [0.15, 0.2) is 5.78 Å². The summed E-state index contributed by atoms with van der Waals surface area (Å²) in [5.41, 5.74) is 0.442. The number of hydrogen-bond acceptors (Lipinski definition) is 3. The van der Waals surface area contributed by atoms with E-state index >= 15 is 0 Å². The fourth-order valence-corrected chi connectivity index (χ4v) is 1.70. The van der Waals surface area contributed by atoms with Crippen molar-refractivity contribution in [3.63, 3.8) is 0 Å². The molecule has 86 valence electrons. The average Bonchev–Trinajstić information content (AvgIpc) is 2.26. The SMILES string of the molecule is CCC(=O)CN(C(=O)O)c1cnccc1I. The van der Waals surface area contributed by atoms with E-state index in [9.17, 15) is 9.59 Å². The molecule has 1 amide bonds. The molecule has 0 aliphatic heterocycles. The molecule has 0 saturated heterocycles. The van der Waals surface area contributed by atoms with Crippen LogP contribution in [0.4, 0.5) is 10.5 Å². The summed E-state index contributed by atoms with van der Waals surface area (Å²) in [5, 5.41) is 9.04. The van der Waals surface area contributed by atoms with Crippen molar-refractivity contribution in [1.82, 2.24) is 4.98 Å². The number of Topliss-reactive ketones (excluding diaryl/α,β-unsaturated/α-hetero) is 1.